The highest BCUT2D eigenvalue weighted by atomic mass is 19.1. The van der Waals surface area contributed by atoms with E-state index in [4.69, 9.17) is 4.74 Å². The van der Waals surface area contributed by atoms with Crippen molar-refractivity contribution in [2.24, 2.45) is 5.73 Å². The molecule has 0 saturated heterocycles. The van der Waals surface area contributed by atoms with Crippen LogP contribution in [0.3, 0.4) is 0 Å². The number of hydrogen-bond acceptors (Lipinski definition) is 2. The second kappa shape index (κ2) is 21.3. The molecule has 260 valence electrons. The van der Waals surface area contributed by atoms with Crippen molar-refractivity contribution in [3.63, 3.8) is 0 Å². The number of hydrogen-bond donors (Lipinski definition) is 1. The molecule has 0 saturated carbocycles. The monoisotopic (exact) mass is 651 g/mol. The van der Waals surface area contributed by atoms with Crippen molar-refractivity contribution >= 4 is 11.1 Å². The molecule has 4 aromatic rings. The zero-order valence-electron chi connectivity index (χ0n) is 30.1. The quantitative estimate of drug-likeness (QED) is 0.175. The highest BCUT2D eigenvalue weighted by molar-refractivity contribution is 6.00. The van der Waals surface area contributed by atoms with Gasteiger partial charge < -0.3 is 10.5 Å². The van der Waals surface area contributed by atoms with Gasteiger partial charge in [0.25, 0.3) is 0 Å². The lowest BCUT2D eigenvalue weighted by atomic mass is 9.85. The SMILES string of the molecule is C.CCCC(CCC)Oc1ccc(C2=C(c3ccc(C)cc3C)CCCc3cc(-c4ccc(C)cc4)ccc32)cc1.CCCCF.CN. The lowest BCUT2D eigenvalue weighted by molar-refractivity contribution is 0.179. The van der Waals surface area contributed by atoms with Crippen LogP contribution >= 0.6 is 0 Å². The maximum absolute atomic E-state index is 11.0. The molecule has 2 N–H and O–H groups in total. The van der Waals surface area contributed by atoms with E-state index in [1.807, 2.05) is 6.92 Å². The zero-order valence-corrected chi connectivity index (χ0v) is 30.1. The first-order valence-corrected chi connectivity index (χ1v) is 17.8. The van der Waals surface area contributed by atoms with E-state index in [2.05, 4.69) is 125 Å². The van der Waals surface area contributed by atoms with Crippen molar-refractivity contribution in [3.8, 4) is 16.9 Å². The molecule has 5 rings (SSSR count). The van der Waals surface area contributed by atoms with Crippen molar-refractivity contribution in [1.29, 1.82) is 0 Å². The molecular weight excluding hydrogens is 589 g/mol. The Labute approximate surface area is 292 Å². The summed E-state index contributed by atoms with van der Waals surface area (Å²) in [6.45, 7) is 12.9. The van der Waals surface area contributed by atoms with Crippen molar-refractivity contribution in [2.45, 2.75) is 113 Å². The molecule has 0 radical (unpaired) electrons. The highest BCUT2D eigenvalue weighted by Crippen LogP contribution is 2.42. The second-order valence-corrected chi connectivity index (χ2v) is 12.6. The molecule has 0 fully saturated rings. The molecule has 48 heavy (non-hydrogen) atoms. The van der Waals surface area contributed by atoms with Crippen molar-refractivity contribution < 1.29 is 9.13 Å². The Morgan fingerprint density at radius 2 is 1.25 bits per heavy atom. The third kappa shape index (κ3) is 11.2. The molecule has 0 amide bonds. The molecule has 0 heterocycles. The summed E-state index contributed by atoms with van der Waals surface area (Å²) in [6, 6.07) is 31.9. The van der Waals surface area contributed by atoms with Crippen LogP contribution in [0.2, 0.25) is 0 Å². The summed E-state index contributed by atoms with van der Waals surface area (Å²) in [7, 11) is 1.50. The van der Waals surface area contributed by atoms with Gasteiger partial charge >= 0.3 is 0 Å². The van der Waals surface area contributed by atoms with Gasteiger partial charge in [0, 0.05) is 0 Å². The molecule has 0 aliphatic heterocycles. The van der Waals surface area contributed by atoms with Gasteiger partial charge in [-0.05, 0) is 129 Å². The average molecular weight is 652 g/mol. The lowest BCUT2D eigenvalue weighted by Crippen LogP contribution is -2.15. The Balaban J connectivity index is 0.000000917. The van der Waals surface area contributed by atoms with E-state index in [1.165, 1.54) is 68.3 Å². The summed E-state index contributed by atoms with van der Waals surface area (Å²) in [5.74, 6) is 0.980. The van der Waals surface area contributed by atoms with Gasteiger partial charge in [0.1, 0.15) is 5.75 Å². The van der Waals surface area contributed by atoms with E-state index in [9.17, 15) is 4.39 Å². The summed E-state index contributed by atoms with van der Waals surface area (Å²) in [5, 5.41) is 0. The van der Waals surface area contributed by atoms with Crippen molar-refractivity contribution in [2.75, 3.05) is 13.7 Å². The molecule has 2 nitrogen and oxygen atoms in total. The Morgan fingerprint density at radius 1 is 0.667 bits per heavy atom. The molecule has 3 heteroatoms. The summed E-state index contributed by atoms with van der Waals surface area (Å²) in [5.41, 5.74) is 19.4. The van der Waals surface area contributed by atoms with Gasteiger partial charge in [-0.15, -0.1) is 0 Å². The van der Waals surface area contributed by atoms with Crippen LogP contribution in [0.5, 0.6) is 5.75 Å². The van der Waals surface area contributed by atoms with Gasteiger partial charge in [0.2, 0.25) is 0 Å². The van der Waals surface area contributed by atoms with E-state index in [1.54, 1.807) is 0 Å². The van der Waals surface area contributed by atoms with E-state index < -0.39 is 0 Å². The van der Waals surface area contributed by atoms with Gasteiger partial charge in [-0.3, -0.25) is 4.39 Å². The van der Waals surface area contributed by atoms with E-state index in [0.717, 1.165) is 63.5 Å². The van der Waals surface area contributed by atoms with Crippen LogP contribution in [-0.2, 0) is 6.42 Å². The fourth-order valence-electron chi connectivity index (χ4n) is 6.40. The number of unbranched alkanes of at least 4 members (excludes halogenated alkanes) is 1. The van der Waals surface area contributed by atoms with E-state index >= 15 is 0 Å². The standard InChI is InChI=1S/C39H44O.C4H9F.CH5N.CH4/c1-6-9-34(10-7-2)40-35-21-18-31(19-22-35)39-37-24-20-32(30-16-13-27(3)14-17-30)26-33(37)11-8-12-38(39)36-23-15-28(4)25-29(36)5;1-2-3-4-5;1-2;/h13-26,34H,6-12H2,1-5H3;2-4H2,1H3;2H2,1H3;1H4. The number of rotatable bonds is 11. The van der Waals surface area contributed by atoms with Crippen LogP contribution in [-0.4, -0.2) is 19.8 Å². The molecule has 1 aliphatic rings. The van der Waals surface area contributed by atoms with Crippen molar-refractivity contribution in [1.82, 2.24) is 0 Å². The first kappa shape index (κ1) is 40.5. The van der Waals surface area contributed by atoms with Crippen LogP contribution in [0.25, 0.3) is 22.3 Å². The molecule has 0 spiro atoms. The Bertz CT molecular complexity index is 1530. The number of nitrogens with two attached hydrogens (primary N) is 1. The normalized spacial score (nSPS) is 12.1. The Kier molecular flexibility index (Phi) is 18.0. The minimum Gasteiger partial charge on any atom is -0.490 e. The summed E-state index contributed by atoms with van der Waals surface area (Å²) < 4.78 is 17.4. The van der Waals surface area contributed by atoms with E-state index in [0.29, 0.717) is 6.10 Å². The number of aryl methyl sites for hydroxylation is 4. The first-order chi connectivity index (χ1) is 22.9. The third-order valence-electron chi connectivity index (χ3n) is 8.80. The molecule has 0 bridgehead atoms. The van der Waals surface area contributed by atoms with Gasteiger partial charge in [-0.2, -0.15) is 0 Å². The number of benzene rings is 4. The number of ether oxygens (including phenoxy) is 1. The minimum absolute atomic E-state index is 0. The lowest BCUT2D eigenvalue weighted by Gasteiger charge is -2.20. The van der Waals surface area contributed by atoms with Crippen LogP contribution in [0, 0.1) is 20.8 Å². The van der Waals surface area contributed by atoms with Gasteiger partial charge in [0.05, 0.1) is 12.8 Å². The van der Waals surface area contributed by atoms with Gasteiger partial charge in [-0.1, -0.05) is 131 Å². The van der Waals surface area contributed by atoms with Gasteiger partial charge in [-0.25, -0.2) is 0 Å². The maximum atomic E-state index is 11.0. The second-order valence-electron chi connectivity index (χ2n) is 12.6. The largest absolute Gasteiger partial charge is 0.490 e. The topological polar surface area (TPSA) is 35.2 Å². The van der Waals surface area contributed by atoms with Crippen LogP contribution in [0.1, 0.15) is 119 Å². The Morgan fingerprint density at radius 3 is 1.81 bits per heavy atom. The molecular formula is C45H62FNO. The predicted molar refractivity (Wildman–Crippen MR) is 210 cm³/mol. The molecule has 1 aliphatic carbocycles. The fourth-order valence-corrected chi connectivity index (χ4v) is 6.40. The summed E-state index contributed by atoms with van der Waals surface area (Å²) >= 11 is 0. The first-order valence-electron chi connectivity index (χ1n) is 17.8. The zero-order chi connectivity index (χ0) is 34.2. The van der Waals surface area contributed by atoms with Crippen LogP contribution in [0.15, 0.2) is 84.9 Å². The molecule has 0 atom stereocenters. The fraction of sp³-hybridized carbons (Fsp3) is 0.422. The summed E-state index contributed by atoms with van der Waals surface area (Å²) in [6.07, 6.45) is 9.80. The van der Waals surface area contributed by atoms with Crippen molar-refractivity contribution in [3.05, 3.63) is 124 Å². The number of fused-ring (bicyclic) bond motifs is 1. The summed E-state index contributed by atoms with van der Waals surface area (Å²) in [4.78, 5) is 0. The van der Waals surface area contributed by atoms with Crippen LogP contribution in [0.4, 0.5) is 4.39 Å². The number of halogens is 1. The van der Waals surface area contributed by atoms with Crippen LogP contribution < -0.4 is 10.5 Å². The minimum atomic E-state index is -0.156. The number of allylic oxidation sites excluding steroid dienone is 1. The molecule has 4 aromatic carbocycles. The number of alkyl halides is 1. The third-order valence-corrected chi connectivity index (χ3v) is 8.80. The Hall–Kier alpha value is -3.69. The molecule has 0 aromatic heterocycles. The average Bonchev–Trinajstić information content (AvgIpc) is 3.26. The smallest absolute Gasteiger partial charge is 0.119 e. The molecule has 0 unspecified atom stereocenters. The maximum Gasteiger partial charge on any atom is 0.119 e. The predicted octanol–water partition coefficient (Wildman–Crippen LogP) is 12.9. The van der Waals surface area contributed by atoms with Gasteiger partial charge in [0.15, 0.2) is 0 Å². The van der Waals surface area contributed by atoms with E-state index in [-0.39, 0.29) is 14.1 Å². The highest BCUT2D eigenvalue weighted by Gasteiger charge is 2.22.